The molecule has 0 aliphatic heterocycles. The highest BCUT2D eigenvalue weighted by molar-refractivity contribution is 7.50. The minimum atomic E-state index is -5.42. The van der Waals surface area contributed by atoms with E-state index in [4.69, 9.17) is 0 Å². The number of rotatable bonds is 21. The molecule has 0 amide bonds. The Morgan fingerprint density at radius 1 is 0.235 bits per heavy atom. The van der Waals surface area contributed by atoms with Crippen LogP contribution in [0.25, 0.3) is 0 Å². The molecule has 0 atom stereocenters. The van der Waals surface area contributed by atoms with Gasteiger partial charge in [0.1, 0.15) is 0 Å². The summed E-state index contributed by atoms with van der Waals surface area (Å²) in [7, 11) is -32.5. The largest absolute Gasteiger partial charge is 0.810 e. The zero-order valence-corrected chi connectivity index (χ0v) is 36.7. The van der Waals surface area contributed by atoms with Crippen molar-refractivity contribution in [2.24, 2.45) is 0 Å². The lowest BCUT2D eigenvalue weighted by Gasteiger charge is -2.43. The topological polar surface area (TPSA) is 794 Å². The summed E-state index contributed by atoms with van der Waals surface area (Å²) in [5, 5.41) is 0. The maximum atomic E-state index is 11.3. The summed E-state index contributed by atoms with van der Waals surface area (Å²) < 4.78 is 66.7. The van der Waals surface area contributed by atoms with Gasteiger partial charge in [-0.2, -0.15) is 0 Å². The van der Waals surface area contributed by atoms with Crippen LogP contribution in [0.2, 0.25) is 0 Å². The van der Waals surface area contributed by atoms with Crippen molar-refractivity contribution in [2.75, 3.05) is 77.0 Å². The molecule has 0 aromatic carbocycles. The van der Waals surface area contributed by atoms with Crippen LogP contribution in [0.5, 0.6) is 0 Å². The molecule has 0 saturated heterocycles. The van der Waals surface area contributed by atoms with Crippen molar-refractivity contribution in [2.45, 2.75) is 0 Å². The maximum Gasteiger partial charge on any atom is 0.0264 e. The van der Waals surface area contributed by atoms with Crippen LogP contribution in [-0.2, 0) is 27.4 Å². The highest BCUT2D eigenvalue weighted by Crippen LogP contribution is 2.32. The van der Waals surface area contributed by atoms with E-state index in [1.54, 1.807) is 0 Å². The van der Waals surface area contributed by atoms with Gasteiger partial charge < -0.3 is 154 Å². The van der Waals surface area contributed by atoms with Gasteiger partial charge in [0, 0.05) is 77.0 Å². The van der Waals surface area contributed by atoms with Crippen molar-refractivity contribution < 1.29 is 86.1 Å². The van der Waals surface area contributed by atoms with E-state index in [1.807, 2.05) is 0 Å². The molecular formula is C12H68N15O18P6-. The average Bonchev–Trinajstić information content (AvgIpc) is 2.60. The van der Waals surface area contributed by atoms with Gasteiger partial charge in [0.05, 0.1) is 0 Å². The van der Waals surface area contributed by atoms with Gasteiger partial charge >= 0.3 is 0 Å². The van der Waals surface area contributed by atoms with Gasteiger partial charge in [-0.25, -0.2) is 0 Å². The van der Waals surface area contributed by atoms with Gasteiger partial charge in [0.2, 0.25) is 0 Å². The average molecular weight is 897 g/mol. The van der Waals surface area contributed by atoms with E-state index >= 15 is 0 Å². The molecule has 0 aliphatic rings. The number of hydrogen-bond acceptors (Lipinski definition) is 22. The van der Waals surface area contributed by atoms with Gasteiger partial charge in [-0.3, -0.25) is 19.6 Å². The molecule has 44 N–H and O–H groups in total. The molecule has 39 heteroatoms. The van der Waals surface area contributed by atoms with Crippen molar-refractivity contribution in [1.82, 2.24) is 87.3 Å². The first kappa shape index (κ1) is 84.0. The summed E-state index contributed by atoms with van der Waals surface area (Å²) in [5.41, 5.74) is 0. The SMILES string of the molecule is O=P([O-])([O-])CN(CCN(CCN(CP(=O)([O-])[O-])CP(=O)([O-])[O-])CP(=O)([O-])[O-])CCN(CP(=O)([O-])[O-])CP(=O)([O-])[O-].[NH4+].[NH4+].[NH4+].[NH4+].[NH4+].[NH4+].[NH4+].[NH4+].[NH4+].[NH4+].[NH4+]. The van der Waals surface area contributed by atoms with Crippen molar-refractivity contribution in [3.8, 4) is 0 Å². The molecule has 0 aromatic heterocycles. The summed E-state index contributed by atoms with van der Waals surface area (Å²) in [4.78, 5) is 135. The zero-order valence-electron chi connectivity index (χ0n) is 31.3. The Morgan fingerprint density at radius 2 is 0.333 bits per heavy atom. The predicted molar refractivity (Wildman–Crippen MR) is 177 cm³/mol. The van der Waals surface area contributed by atoms with Crippen LogP contribution in [0.3, 0.4) is 0 Å². The fraction of sp³-hybridized carbons (Fsp3) is 1.00. The summed E-state index contributed by atoms with van der Waals surface area (Å²) in [6.07, 6.45) is -8.51. The number of nitrogens with zero attached hydrogens (tertiary/aromatic N) is 4. The molecule has 0 rings (SSSR count). The lowest BCUT2D eigenvalue weighted by molar-refractivity contribution is -0.321. The van der Waals surface area contributed by atoms with Crippen molar-refractivity contribution in [3.05, 3.63) is 0 Å². The molecule has 0 spiro atoms. The van der Waals surface area contributed by atoms with E-state index in [0.717, 1.165) is 0 Å². The quantitative estimate of drug-likeness (QED) is 0.0477. The lowest BCUT2D eigenvalue weighted by Crippen LogP contribution is -2.46. The molecule has 51 heavy (non-hydrogen) atoms. The number of hydrogen-bond donors (Lipinski definition) is 11. The Bertz CT molecular complexity index is 967. The van der Waals surface area contributed by atoms with E-state index < -0.39 is 123 Å². The molecule has 330 valence electrons. The second kappa shape index (κ2) is 33.6. The van der Waals surface area contributed by atoms with Crippen molar-refractivity contribution in [1.29, 1.82) is 0 Å². The molecule has 0 aromatic rings. The summed E-state index contributed by atoms with van der Waals surface area (Å²) in [6, 6.07) is 0. The Labute approximate surface area is 296 Å². The minimum Gasteiger partial charge on any atom is -0.810 e. The molecule has 0 fully saturated rings. The van der Waals surface area contributed by atoms with E-state index in [9.17, 15) is 86.1 Å². The third kappa shape index (κ3) is 57.2. The fourth-order valence-electron chi connectivity index (χ4n) is 3.20. The second-order valence-electron chi connectivity index (χ2n) is 8.54. The molecule has 0 radical (unpaired) electrons. The fourth-order valence-corrected chi connectivity index (χ4v) is 7.98. The molecule has 0 unspecified atom stereocenters. The highest BCUT2D eigenvalue weighted by Gasteiger charge is 2.17. The lowest BCUT2D eigenvalue weighted by atomic mass is 10.4. The van der Waals surface area contributed by atoms with E-state index in [1.165, 1.54) is 0 Å². The molecule has 0 heterocycles. The Morgan fingerprint density at radius 3 is 0.451 bits per heavy atom. The molecular weight excluding hydrogens is 828 g/mol. The van der Waals surface area contributed by atoms with E-state index in [-0.39, 0.29) is 67.7 Å². The first-order chi connectivity index (χ1) is 17.5. The van der Waals surface area contributed by atoms with Crippen LogP contribution in [0.1, 0.15) is 0 Å². The van der Waals surface area contributed by atoms with Crippen LogP contribution in [0, 0.1) is 0 Å². The van der Waals surface area contributed by atoms with E-state index in [0.29, 0.717) is 19.6 Å². The monoisotopic (exact) mass is 896 g/mol. The maximum absolute atomic E-state index is 11.3. The van der Waals surface area contributed by atoms with Crippen molar-refractivity contribution in [3.63, 3.8) is 0 Å². The molecule has 0 bridgehead atoms. The third-order valence-electron chi connectivity index (χ3n) is 4.44. The van der Waals surface area contributed by atoms with Crippen LogP contribution in [0.15, 0.2) is 0 Å². The minimum absolute atomic E-state index is 0. The Hall–Kier alpha value is 0.300. The molecule has 0 saturated carbocycles. The van der Waals surface area contributed by atoms with Crippen LogP contribution in [-0.4, -0.2) is 96.6 Å². The highest BCUT2D eigenvalue weighted by atomic mass is 31.2. The van der Waals surface area contributed by atoms with Crippen molar-refractivity contribution >= 4 is 45.6 Å². The predicted octanol–water partition coefficient (Wildman–Crippen LogP) is -6.44. The van der Waals surface area contributed by atoms with Gasteiger partial charge in [-0.15, -0.1) is 0 Å². The summed E-state index contributed by atoms with van der Waals surface area (Å²) in [6.45, 7) is -4.20. The Balaban J connectivity index is -0.000000138. The normalized spacial score (nSPS) is 11.5. The van der Waals surface area contributed by atoms with Crippen LogP contribution < -0.4 is 126 Å². The zero-order chi connectivity index (χ0) is 31.8. The molecule has 33 nitrogen and oxygen atoms in total. The second-order valence-corrected chi connectivity index (χ2v) is 17.6. The van der Waals surface area contributed by atoms with Crippen LogP contribution in [0.4, 0.5) is 0 Å². The first-order valence-electron chi connectivity index (χ1n) is 10.5. The van der Waals surface area contributed by atoms with Gasteiger partial charge in [0.15, 0.2) is 0 Å². The molecule has 0 aliphatic carbocycles. The van der Waals surface area contributed by atoms with Gasteiger partial charge in [-0.1, -0.05) is 45.6 Å². The summed E-state index contributed by atoms with van der Waals surface area (Å²) in [5.74, 6) is 0. The Kier molecular flexibility index (Phi) is 55.4. The first-order valence-corrected chi connectivity index (χ1v) is 20.8. The van der Waals surface area contributed by atoms with Gasteiger partial charge in [0.25, 0.3) is 0 Å². The smallest absolute Gasteiger partial charge is 0.0264 e. The van der Waals surface area contributed by atoms with Gasteiger partial charge in [-0.05, 0) is 0 Å². The number of quaternary nitrogens is 11. The standard InChI is InChI=1S/C12H36N4O18P6.11H3N/c17-35(18,19)7-13(3-5-15(9-37(23,24)25)10-38(26,27)28)1-2-14(8-36(20,21)22)4-6-16(11-39(29,30)31)12-40(32,33)34;;;;;;;;;;;/h1-12H2,(H2,17,18,19)(H2,20,21,22)(H2,23,24,25)(H2,26,27,28)(H2,29,30,31)(H2,32,33,34);11*1H3/p-1. The summed E-state index contributed by atoms with van der Waals surface area (Å²) >= 11 is 0. The van der Waals surface area contributed by atoms with Crippen LogP contribution >= 0.6 is 45.6 Å². The van der Waals surface area contributed by atoms with E-state index in [2.05, 4.69) is 0 Å². The third-order valence-corrected chi connectivity index (χ3v) is 8.92.